The summed E-state index contributed by atoms with van der Waals surface area (Å²) in [4.78, 5) is 61.5. The van der Waals surface area contributed by atoms with Crippen LogP contribution in [-0.4, -0.2) is 60.3 Å². The summed E-state index contributed by atoms with van der Waals surface area (Å²) in [6, 6.07) is 26.8. The number of nitrogens with one attached hydrogen (secondary N) is 2. The summed E-state index contributed by atoms with van der Waals surface area (Å²) in [6.45, 7) is 0.329. The van der Waals surface area contributed by atoms with Crippen LogP contribution in [0, 0.1) is 0 Å². The van der Waals surface area contributed by atoms with Gasteiger partial charge in [0.1, 0.15) is 5.75 Å². The van der Waals surface area contributed by atoms with Gasteiger partial charge in [0.2, 0.25) is 0 Å². The summed E-state index contributed by atoms with van der Waals surface area (Å²) < 4.78 is 0. The molecule has 4 N–H and O–H groups in total. The number of hydrazine groups is 2. The number of phenols is 1. The first-order valence-electron chi connectivity index (χ1n) is 14.2. The minimum Gasteiger partial charge on any atom is -0.508 e. The summed E-state index contributed by atoms with van der Waals surface area (Å²) >= 11 is 14.4. The number of rotatable bonds is 9. The maximum absolute atomic E-state index is 12.5. The molecule has 4 aromatic carbocycles. The molecular weight excluding hydrogens is 699 g/mol. The van der Waals surface area contributed by atoms with E-state index in [1.807, 2.05) is 0 Å². The summed E-state index contributed by atoms with van der Waals surface area (Å²) in [5.41, 5.74) is 6.64. The zero-order valence-corrected chi connectivity index (χ0v) is 27.9. The van der Waals surface area contributed by atoms with Crippen LogP contribution >= 0.6 is 46.7 Å². The molecule has 6 rings (SSSR count). The first kappa shape index (κ1) is 34.6. The van der Waals surface area contributed by atoms with Crippen molar-refractivity contribution in [2.24, 2.45) is 0 Å². The second-order valence-electron chi connectivity index (χ2n) is 10.3. The number of carbonyl (C=O) groups excluding carboxylic acids is 4. The molecule has 0 aliphatic carbocycles. The lowest BCUT2D eigenvalue weighted by Crippen LogP contribution is -2.35. The quantitative estimate of drug-likeness (QED) is 0.172. The van der Waals surface area contributed by atoms with Crippen LogP contribution in [-0.2, 0) is 32.3 Å². The lowest BCUT2D eigenvalue weighted by Gasteiger charge is -2.15. The smallest absolute Gasteiger partial charge is 0.335 e. The van der Waals surface area contributed by atoms with Crippen molar-refractivity contribution in [2.75, 3.05) is 0 Å². The van der Waals surface area contributed by atoms with Gasteiger partial charge in [-0.3, -0.25) is 30.0 Å². The van der Waals surface area contributed by atoms with E-state index in [-0.39, 0.29) is 36.2 Å². The molecule has 0 saturated carbocycles. The number of halogens is 2. The molecule has 2 aliphatic rings. The molecule has 0 aromatic heterocycles. The van der Waals surface area contributed by atoms with Gasteiger partial charge in [0.05, 0.1) is 28.7 Å². The van der Waals surface area contributed by atoms with Crippen molar-refractivity contribution < 1.29 is 34.2 Å². The minimum absolute atomic E-state index is 0.0886. The number of aromatic carboxylic acids is 1. The molecule has 2 aliphatic heterocycles. The number of benzene rings is 4. The fourth-order valence-electron chi connectivity index (χ4n) is 4.55. The van der Waals surface area contributed by atoms with Crippen molar-refractivity contribution in [1.29, 1.82) is 0 Å². The van der Waals surface area contributed by atoms with Crippen molar-refractivity contribution >= 4 is 76.3 Å². The fraction of sp³-hybridized carbons (Fsp3) is 0.121. The molecule has 2 unspecified atom stereocenters. The zero-order chi connectivity index (χ0) is 34.4. The Bertz CT molecular complexity index is 1880. The first-order chi connectivity index (χ1) is 23.0. The third kappa shape index (κ3) is 8.42. The Morgan fingerprint density at radius 1 is 0.667 bits per heavy atom. The number of carboxylic acid groups (broad SMARTS) is 1. The number of nitrogens with zero attached hydrogens (tertiary/aromatic N) is 2. The van der Waals surface area contributed by atoms with E-state index in [4.69, 9.17) is 28.3 Å². The van der Waals surface area contributed by atoms with E-state index in [1.54, 1.807) is 72.8 Å². The van der Waals surface area contributed by atoms with E-state index in [2.05, 4.69) is 10.9 Å². The highest BCUT2D eigenvalue weighted by atomic mass is 35.5. The van der Waals surface area contributed by atoms with Gasteiger partial charge >= 0.3 is 5.97 Å². The molecule has 0 spiro atoms. The Hall–Kier alpha value is -4.69. The van der Waals surface area contributed by atoms with Crippen LogP contribution in [0.1, 0.15) is 21.5 Å². The van der Waals surface area contributed by atoms with Crippen molar-refractivity contribution in [1.82, 2.24) is 20.9 Å². The maximum Gasteiger partial charge on any atom is 0.335 e. The van der Waals surface area contributed by atoms with Crippen LogP contribution in [0.25, 0.3) is 0 Å². The van der Waals surface area contributed by atoms with Crippen LogP contribution in [0.2, 0.25) is 10.0 Å². The standard InChI is InChI=1S/C17H13ClN2O4S.C16H13ClN2O3S/c18-12-6-1-2-7-13(12)25-14-15(21)19-20(16(14)22)9-10-4-3-5-11(8-10)17(23)24;17-12-3-1-2-4-13(12)23-14-15(21)18-19(16(14)22)9-10-5-7-11(20)8-6-10/h1-8,14H,9H2,(H,19,21)(H,23,24);1-8,14,20H,9H2,(H,18,21). The highest BCUT2D eigenvalue weighted by molar-refractivity contribution is 8.01. The summed E-state index contributed by atoms with van der Waals surface area (Å²) in [6.07, 6.45) is 0. The van der Waals surface area contributed by atoms with Crippen LogP contribution in [0.4, 0.5) is 0 Å². The Balaban J connectivity index is 0.000000188. The van der Waals surface area contributed by atoms with Gasteiger partial charge in [-0.15, -0.1) is 23.5 Å². The number of phenolic OH excluding ortho intramolecular Hbond substituents is 1. The second-order valence-corrected chi connectivity index (χ2v) is 13.4. The molecule has 11 nitrogen and oxygen atoms in total. The first-order valence-corrected chi connectivity index (χ1v) is 16.7. The summed E-state index contributed by atoms with van der Waals surface area (Å²) in [5, 5.41) is 20.0. The molecular formula is C33H26Cl2N4O7S2. The van der Waals surface area contributed by atoms with Gasteiger partial charge in [0, 0.05) is 9.79 Å². The van der Waals surface area contributed by atoms with Crippen molar-refractivity contribution in [2.45, 2.75) is 33.4 Å². The van der Waals surface area contributed by atoms with E-state index in [9.17, 15) is 29.1 Å². The van der Waals surface area contributed by atoms with E-state index in [0.717, 1.165) is 29.1 Å². The Morgan fingerprint density at radius 2 is 1.15 bits per heavy atom. The van der Waals surface area contributed by atoms with E-state index in [1.165, 1.54) is 34.3 Å². The lowest BCUT2D eigenvalue weighted by atomic mass is 10.1. The number of aromatic hydroxyl groups is 1. The van der Waals surface area contributed by atoms with Crippen LogP contribution < -0.4 is 10.9 Å². The average Bonchev–Trinajstić information content (AvgIpc) is 3.48. The molecule has 2 fully saturated rings. The largest absolute Gasteiger partial charge is 0.508 e. The van der Waals surface area contributed by atoms with E-state index in [0.29, 0.717) is 25.4 Å². The van der Waals surface area contributed by atoms with Gasteiger partial charge in [0.15, 0.2) is 10.5 Å². The zero-order valence-electron chi connectivity index (χ0n) is 24.7. The van der Waals surface area contributed by atoms with Crippen LogP contribution in [0.5, 0.6) is 5.75 Å². The van der Waals surface area contributed by atoms with E-state index >= 15 is 0 Å². The Morgan fingerprint density at radius 3 is 1.62 bits per heavy atom. The summed E-state index contributed by atoms with van der Waals surface area (Å²) in [7, 11) is 0. The Kier molecular flexibility index (Phi) is 11.2. The normalized spacial score (nSPS) is 17.1. The molecule has 15 heteroatoms. The van der Waals surface area contributed by atoms with Gasteiger partial charge in [-0.05, 0) is 59.7 Å². The van der Waals surface area contributed by atoms with Crippen LogP contribution in [0.15, 0.2) is 107 Å². The molecule has 4 aromatic rings. The highest BCUT2D eigenvalue weighted by Crippen LogP contribution is 2.34. The molecule has 4 amide bonds. The Labute approximate surface area is 293 Å². The predicted octanol–water partition coefficient (Wildman–Crippen LogP) is 5.15. The highest BCUT2D eigenvalue weighted by Gasteiger charge is 2.41. The molecule has 2 heterocycles. The van der Waals surface area contributed by atoms with Gasteiger partial charge < -0.3 is 10.2 Å². The van der Waals surface area contributed by atoms with Gasteiger partial charge in [-0.2, -0.15) is 0 Å². The average molecular weight is 726 g/mol. The molecule has 2 saturated heterocycles. The van der Waals surface area contributed by atoms with Gasteiger partial charge in [-0.1, -0.05) is 71.7 Å². The number of hydrogen-bond donors (Lipinski definition) is 4. The molecule has 246 valence electrons. The number of amides is 4. The van der Waals surface area contributed by atoms with Gasteiger partial charge in [-0.25, -0.2) is 14.8 Å². The lowest BCUT2D eigenvalue weighted by molar-refractivity contribution is -0.130. The molecule has 0 radical (unpaired) electrons. The van der Waals surface area contributed by atoms with Gasteiger partial charge in [0.25, 0.3) is 23.6 Å². The molecule has 48 heavy (non-hydrogen) atoms. The summed E-state index contributed by atoms with van der Waals surface area (Å²) in [5.74, 6) is -2.39. The topological polar surface area (TPSA) is 156 Å². The molecule has 2 atom stereocenters. The third-order valence-corrected chi connectivity index (χ3v) is 10.3. The van der Waals surface area contributed by atoms with Crippen molar-refractivity contribution in [3.05, 3.63) is 124 Å². The fourth-order valence-corrected chi connectivity index (χ4v) is 7.05. The third-order valence-electron chi connectivity index (χ3n) is 6.90. The maximum atomic E-state index is 12.5. The van der Waals surface area contributed by atoms with Crippen molar-refractivity contribution in [3.8, 4) is 5.75 Å². The minimum atomic E-state index is -1.05. The SMILES string of the molecule is O=C(O)c1cccc(CN2NC(=O)C(Sc3ccccc3Cl)C2=O)c1.O=C1NN(Cc2ccc(O)cc2)C(=O)C1Sc1ccccc1Cl. The number of carboxylic acids is 1. The number of hydrogen-bond acceptors (Lipinski definition) is 8. The molecule has 0 bridgehead atoms. The van der Waals surface area contributed by atoms with E-state index < -0.39 is 28.3 Å². The second kappa shape index (κ2) is 15.5. The number of carbonyl (C=O) groups is 5. The van der Waals surface area contributed by atoms with Crippen molar-refractivity contribution in [3.63, 3.8) is 0 Å². The van der Waals surface area contributed by atoms with Crippen LogP contribution in [0.3, 0.4) is 0 Å². The predicted molar refractivity (Wildman–Crippen MR) is 181 cm³/mol. The monoisotopic (exact) mass is 724 g/mol. The number of thioether (sulfide) groups is 2.